The summed E-state index contributed by atoms with van der Waals surface area (Å²) >= 11 is 0. The van der Waals surface area contributed by atoms with E-state index in [1.807, 2.05) is 11.9 Å². The molecule has 7 heteroatoms. The second-order valence-electron chi connectivity index (χ2n) is 4.67. The zero-order chi connectivity index (χ0) is 13.7. The lowest BCUT2D eigenvalue weighted by Gasteiger charge is -2.13. The number of hydrogen-bond donors (Lipinski definition) is 4. The summed E-state index contributed by atoms with van der Waals surface area (Å²) in [6.45, 7) is 1.33. The number of carboxylic acids is 2. The normalized spacial score (nSPS) is 31.8. The van der Waals surface area contributed by atoms with Gasteiger partial charge in [-0.1, -0.05) is 0 Å². The Kier molecular flexibility index (Phi) is 5.52. The molecular weight excluding hydrogens is 240 g/mol. The first kappa shape index (κ1) is 14.9. The lowest BCUT2D eigenvalue weighted by Crippen LogP contribution is -2.32. The number of nitrogens with zero attached hydrogens (tertiary/aromatic N) is 1. The summed E-state index contributed by atoms with van der Waals surface area (Å²) in [6.07, 6.45) is 1.68. The van der Waals surface area contributed by atoms with Gasteiger partial charge in [-0.2, -0.15) is 0 Å². The van der Waals surface area contributed by atoms with E-state index in [-0.39, 0.29) is 6.04 Å². The van der Waals surface area contributed by atoms with Crippen molar-refractivity contribution in [2.45, 2.75) is 37.5 Å². The van der Waals surface area contributed by atoms with Gasteiger partial charge in [0, 0.05) is 13.0 Å². The molecule has 2 aliphatic rings. The van der Waals surface area contributed by atoms with Crippen LogP contribution >= 0.6 is 0 Å². The third kappa shape index (κ3) is 4.25. The lowest BCUT2D eigenvalue weighted by molar-refractivity contribution is -0.142. The second-order valence-corrected chi connectivity index (χ2v) is 4.67. The fourth-order valence-corrected chi connectivity index (χ4v) is 2.13. The van der Waals surface area contributed by atoms with Crippen LogP contribution in [-0.4, -0.2) is 70.5 Å². The fraction of sp³-hybridized carbons (Fsp3) is 0.818. The maximum Gasteiger partial charge on any atom is 0.320 e. The molecule has 0 saturated carbocycles. The third-order valence-electron chi connectivity index (χ3n) is 3.21. The second kappa shape index (κ2) is 6.67. The molecular formula is C11H20N2O5. The molecule has 2 fully saturated rings. The highest BCUT2D eigenvalue weighted by atomic mass is 16.4. The summed E-state index contributed by atoms with van der Waals surface area (Å²) in [5.41, 5.74) is 0. The van der Waals surface area contributed by atoms with Gasteiger partial charge in [-0.3, -0.25) is 14.5 Å². The molecule has 4 N–H and O–H groups in total. The van der Waals surface area contributed by atoms with Gasteiger partial charge in [-0.25, -0.2) is 0 Å². The van der Waals surface area contributed by atoms with E-state index in [1.54, 1.807) is 0 Å². The highest BCUT2D eigenvalue weighted by Crippen LogP contribution is 2.13. The van der Waals surface area contributed by atoms with Crippen LogP contribution in [0.15, 0.2) is 0 Å². The van der Waals surface area contributed by atoms with Gasteiger partial charge in [0.15, 0.2) is 0 Å². The molecule has 0 bridgehead atoms. The van der Waals surface area contributed by atoms with Crippen LogP contribution in [0.1, 0.15) is 19.3 Å². The van der Waals surface area contributed by atoms with Crippen LogP contribution in [0.4, 0.5) is 0 Å². The van der Waals surface area contributed by atoms with Crippen molar-refractivity contribution < 1.29 is 24.9 Å². The maximum atomic E-state index is 10.4. The van der Waals surface area contributed by atoms with Gasteiger partial charge < -0.3 is 20.6 Å². The van der Waals surface area contributed by atoms with Crippen LogP contribution in [0.3, 0.4) is 0 Å². The molecule has 0 aromatic rings. The summed E-state index contributed by atoms with van der Waals surface area (Å²) < 4.78 is 0. The Hall–Kier alpha value is -1.18. The summed E-state index contributed by atoms with van der Waals surface area (Å²) in [7, 11) is 1.85. The average Bonchev–Trinajstić information content (AvgIpc) is 2.87. The third-order valence-corrected chi connectivity index (χ3v) is 3.21. The van der Waals surface area contributed by atoms with Crippen molar-refractivity contribution in [2.75, 3.05) is 20.1 Å². The van der Waals surface area contributed by atoms with E-state index in [9.17, 15) is 9.59 Å². The molecule has 0 amide bonds. The number of aliphatic hydroxyl groups excluding tert-OH is 1. The van der Waals surface area contributed by atoms with Crippen molar-refractivity contribution in [2.24, 2.45) is 0 Å². The number of carboxylic acid groups (broad SMARTS) is 2. The van der Waals surface area contributed by atoms with Crippen LogP contribution in [-0.2, 0) is 9.59 Å². The Bertz CT molecular complexity index is 310. The van der Waals surface area contributed by atoms with Crippen LogP contribution in [0.2, 0.25) is 0 Å². The maximum absolute atomic E-state index is 10.4. The molecule has 2 saturated heterocycles. The first-order valence-corrected chi connectivity index (χ1v) is 5.99. The lowest BCUT2D eigenvalue weighted by atomic mass is 10.2. The SMILES string of the molecule is CN1CCC[C@H]1C(=O)O.O=C(O)[C@@H]1C[C@@H](O)CN1. The molecule has 7 nitrogen and oxygen atoms in total. The fourth-order valence-electron chi connectivity index (χ4n) is 2.13. The highest BCUT2D eigenvalue weighted by Gasteiger charge is 2.27. The van der Waals surface area contributed by atoms with Gasteiger partial charge in [0.25, 0.3) is 0 Å². The van der Waals surface area contributed by atoms with Gasteiger partial charge in [-0.15, -0.1) is 0 Å². The quantitative estimate of drug-likeness (QED) is 0.502. The summed E-state index contributed by atoms with van der Waals surface area (Å²) in [6, 6.07) is -0.759. The number of likely N-dealkylation sites (N-methyl/N-ethyl adjacent to an activating group) is 1. The number of carbonyl (C=O) groups is 2. The van der Waals surface area contributed by atoms with E-state index in [0.29, 0.717) is 13.0 Å². The minimum Gasteiger partial charge on any atom is -0.480 e. The Balaban J connectivity index is 0.000000180. The van der Waals surface area contributed by atoms with E-state index >= 15 is 0 Å². The number of hydrogen-bond acceptors (Lipinski definition) is 5. The Morgan fingerprint density at radius 1 is 1.28 bits per heavy atom. The first-order valence-electron chi connectivity index (χ1n) is 5.99. The summed E-state index contributed by atoms with van der Waals surface area (Å²) in [5.74, 6) is -1.57. The molecule has 2 heterocycles. The predicted molar refractivity (Wildman–Crippen MR) is 63.3 cm³/mol. The molecule has 0 aromatic carbocycles. The topological polar surface area (TPSA) is 110 Å². The molecule has 0 aliphatic carbocycles. The number of aliphatic hydroxyl groups is 1. The van der Waals surface area contributed by atoms with Gasteiger partial charge in [-0.05, 0) is 26.4 Å². The molecule has 0 unspecified atom stereocenters. The minimum atomic E-state index is -0.883. The average molecular weight is 260 g/mol. The monoisotopic (exact) mass is 260 g/mol. The van der Waals surface area contributed by atoms with Crippen LogP contribution < -0.4 is 5.32 Å². The van der Waals surface area contributed by atoms with Gasteiger partial charge in [0.1, 0.15) is 12.1 Å². The Labute approximate surface area is 105 Å². The standard InChI is InChI=1S/C6H11NO2.C5H9NO3/c1-7-4-2-3-5(7)6(8)9;7-3-1-4(5(8)9)6-2-3/h5H,2-4H2,1H3,(H,8,9);3-4,6-7H,1-2H2,(H,8,9)/t5-;3-,4+/m01/s1. The van der Waals surface area contributed by atoms with E-state index in [1.165, 1.54) is 0 Å². The molecule has 2 rings (SSSR count). The largest absolute Gasteiger partial charge is 0.480 e. The first-order chi connectivity index (χ1) is 8.41. The van der Waals surface area contributed by atoms with Gasteiger partial charge in [0.05, 0.1) is 6.10 Å². The van der Waals surface area contributed by atoms with Crippen LogP contribution in [0.5, 0.6) is 0 Å². The van der Waals surface area contributed by atoms with Gasteiger partial charge >= 0.3 is 11.9 Å². The van der Waals surface area contributed by atoms with E-state index in [2.05, 4.69) is 5.32 Å². The van der Waals surface area contributed by atoms with Crippen molar-refractivity contribution in [3.8, 4) is 0 Å². The van der Waals surface area contributed by atoms with E-state index in [0.717, 1.165) is 19.4 Å². The van der Waals surface area contributed by atoms with Crippen molar-refractivity contribution in [1.29, 1.82) is 0 Å². The zero-order valence-corrected chi connectivity index (χ0v) is 10.4. The molecule has 0 aromatic heterocycles. The Morgan fingerprint density at radius 2 is 1.94 bits per heavy atom. The van der Waals surface area contributed by atoms with Crippen molar-refractivity contribution in [1.82, 2.24) is 10.2 Å². The number of aliphatic carboxylic acids is 2. The zero-order valence-electron chi connectivity index (χ0n) is 10.4. The minimum absolute atomic E-state index is 0.218. The highest BCUT2D eigenvalue weighted by molar-refractivity contribution is 5.74. The predicted octanol–water partition coefficient (Wildman–Crippen LogP) is -1.04. The van der Waals surface area contributed by atoms with Gasteiger partial charge in [0.2, 0.25) is 0 Å². The number of likely N-dealkylation sites (tertiary alicyclic amines) is 1. The molecule has 0 spiro atoms. The van der Waals surface area contributed by atoms with Crippen molar-refractivity contribution in [3.63, 3.8) is 0 Å². The van der Waals surface area contributed by atoms with Crippen LogP contribution in [0.25, 0.3) is 0 Å². The molecule has 2 aliphatic heterocycles. The smallest absolute Gasteiger partial charge is 0.320 e. The number of β-amino-alcohol motifs (C(OH)–C–C–N with tert-alkyl or cyclic N) is 1. The van der Waals surface area contributed by atoms with E-state index in [4.69, 9.17) is 15.3 Å². The molecule has 18 heavy (non-hydrogen) atoms. The number of rotatable bonds is 2. The molecule has 0 radical (unpaired) electrons. The summed E-state index contributed by atoms with van der Waals surface area (Å²) in [4.78, 5) is 22.4. The number of nitrogens with one attached hydrogen (secondary N) is 1. The van der Waals surface area contributed by atoms with Crippen molar-refractivity contribution >= 4 is 11.9 Å². The van der Waals surface area contributed by atoms with Crippen molar-refractivity contribution in [3.05, 3.63) is 0 Å². The molecule has 3 atom stereocenters. The Morgan fingerprint density at radius 3 is 2.17 bits per heavy atom. The summed E-state index contributed by atoms with van der Waals surface area (Å²) in [5, 5.41) is 28.4. The van der Waals surface area contributed by atoms with Crippen LogP contribution in [0, 0.1) is 0 Å². The molecule has 104 valence electrons. The van der Waals surface area contributed by atoms with E-state index < -0.39 is 24.1 Å².